The van der Waals surface area contributed by atoms with Crippen LogP contribution in [0.2, 0.25) is 0 Å². The van der Waals surface area contributed by atoms with E-state index >= 15 is 0 Å². The first-order valence-electron chi connectivity index (χ1n) is 5.89. The molecule has 2 rings (SSSR count). The molecular weight excluding hydrogens is 300 g/mol. The van der Waals surface area contributed by atoms with Crippen LogP contribution in [0.25, 0.3) is 0 Å². The quantitative estimate of drug-likeness (QED) is 0.686. The van der Waals surface area contributed by atoms with Crippen molar-refractivity contribution < 1.29 is 10.0 Å². The van der Waals surface area contributed by atoms with Gasteiger partial charge in [-0.05, 0) is 31.0 Å². The Morgan fingerprint density at radius 2 is 2.33 bits per heavy atom. The highest BCUT2D eigenvalue weighted by Gasteiger charge is 2.19. The number of benzene rings is 1. The number of hydrogen-bond acceptors (Lipinski definition) is 4. The van der Waals surface area contributed by atoms with E-state index in [0.29, 0.717) is 13.1 Å². The van der Waals surface area contributed by atoms with Gasteiger partial charge in [0.25, 0.3) is 5.69 Å². The molecule has 98 valence electrons. The second-order valence-electron chi connectivity index (χ2n) is 4.56. The minimum Gasteiger partial charge on any atom is -0.392 e. The molecule has 1 aromatic carbocycles. The summed E-state index contributed by atoms with van der Waals surface area (Å²) < 4.78 is 0.747. The molecule has 1 aromatic rings. The topological polar surface area (TPSA) is 66.6 Å². The Hall–Kier alpha value is -0.980. The molecule has 0 amide bonds. The summed E-state index contributed by atoms with van der Waals surface area (Å²) in [4.78, 5) is 12.4. The molecule has 18 heavy (non-hydrogen) atoms. The summed E-state index contributed by atoms with van der Waals surface area (Å²) >= 11 is 3.36. The van der Waals surface area contributed by atoms with Gasteiger partial charge in [-0.3, -0.25) is 15.0 Å². The fraction of sp³-hybridized carbons (Fsp3) is 0.500. The summed E-state index contributed by atoms with van der Waals surface area (Å²) in [6, 6.07) is 4.80. The molecule has 0 aromatic heterocycles. The SMILES string of the molecule is O=[N+]([O-])c1ccc(CN2CCC[C@H](O)C2)c(Br)c1. The highest BCUT2D eigenvalue weighted by Crippen LogP contribution is 2.25. The van der Waals surface area contributed by atoms with E-state index in [4.69, 9.17) is 0 Å². The van der Waals surface area contributed by atoms with E-state index in [9.17, 15) is 15.2 Å². The first-order valence-corrected chi connectivity index (χ1v) is 6.69. The van der Waals surface area contributed by atoms with Crippen LogP contribution in [0.3, 0.4) is 0 Å². The van der Waals surface area contributed by atoms with Gasteiger partial charge in [0.2, 0.25) is 0 Å². The van der Waals surface area contributed by atoms with Crippen LogP contribution in [-0.2, 0) is 6.54 Å². The van der Waals surface area contributed by atoms with Crippen LogP contribution in [0.4, 0.5) is 5.69 Å². The zero-order valence-electron chi connectivity index (χ0n) is 9.88. The number of piperidine rings is 1. The Morgan fingerprint density at radius 3 is 2.94 bits per heavy atom. The van der Waals surface area contributed by atoms with Gasteiger partial charge in [0, 0.05) is 29.7 Å². The van der Waals surface area contributed by atoms with Gasteiger partial charge >= 0.3 is 0 Å². The van der Waals surface area contributed by atoms with Crippen molar-refractivity contribution in [3.05, 3.63) is 38.3 Å². The maximum atomic E-state index is 10.6. The summed E-state index contributed by atoms with van der Waals surface area (Å²) in [5.74, 6) is 0. The third-order valence-corrected chi connectivity index (χ3v) is 3.86. The van der Waals surface area contributed by atoms with Crippen molar-refractivity contribution in [2.45, 2.75) is 25.5 Å². The number of likely N-dealkylation sites (tertiary alicyclic amines) is 1. The molecule has 0 radical (unpaired) electrons. The van der Waals surface area contributed by atoms with Crippen LogP contribution in [0.5, 0.6) is 0 Å². The highest BCUT2D eigenvalue weighted by atomic mass is 79.9. The molecule has 1 atom stereocenters. The van der Waals surface area contributed by atoms with Crippen molar-refractivity contribution >= 4 is 21.6 Å². The van der Waals surface area contributed by atoms with Crippen LogP contribution < -0.4 is 0 Å². The van der Waals surface area contributed by atoms with Gasteiger partial charge in [0.1, 0.15) is 0 Å². The Balaban J connectivity index is 2.07. The normalized spacial score (nSPS) is 20.9. The van der Waals surface area contributed by atoms with Gasteiger partial charge in [0.05, 0.1) is 11.0 Å². The van der Waals surface area contributed by atoms with E-state index < -0.39 is 4.92 Å². The lowest BCUT2D eigenvalue weighted by atomic mass is 10.1. The standard InChI is InChI=1S/C12H15BrN2O3/c13-12-6-10(15(17)18)4-3-9(12)7-14-5-1-2-11(16)8-14/h3-4,6,11,16H,1-2,5,7-8H2/t11-/m0/s1. The molecule has 0 saturated carbocycles. The minimum absolute atomic E-state index is 0.0873. The van der Waals surface area contributed by atoms with Crippen LogP contribution >= 0.6 is 15.9 Å². The van der Waals surface area contributed by atoms with E-state index in [1.807, 2.05) is 0 Å². The lowest BCUT2D eigenvalue weighted by molar-refractivity contribution is -0.384. The summed E-state index contributed by atoms with van der Waals surface area (Å²) in [6.45, 7) is 2.33. The first-order chi connectivity index (χ1) is 8.56. The largest absolute Gasteiger partial charge is 0.392 e. The molecule has 1 heterocycles. The zero-order valence-corrected chi connectivity index (χ0v) is 11.5. The molecule has 1 N–H and O–H groups in total. The zero-order chi connectivity index (χ0) is 13.1. The van der Waals surface area contributed by atoms with E-state index in [1.165, 1.54) is 12.1 Å². The molecular formula is C12H15BrN2O3. The molecule has 1 saturated heterocycles. The number of rotatable bonds is 3. The van der Waals surface area contributed by atoms with Gasteiger partial charge in [0.15, 0.2) is 0 Å². The molecule has 1 fully saturated rings. The van der Waals surface area contributed by atoms with Crippen molar-refractivity contribution in [2.24, 2.45) is 0 Å². The Morgan fingerprint density at radius 1 is 1.56 bits per heavy atom. The highest BCUT2D eigenvalue weighted by molar-refractivity contribution is 9.10. The van der Waals surface area contributed by atoms with E-state index in [1.54, 1.807) is 6.07 Å². The van der Waals surface area contributed by atoms with Crippen molar-refractivity contribution in [1.82, 2.24) is 4.90 Å². The van der Waals surface area contributed by atoms with Crippen LogP contribution in [0, 0.1) is 10.1 Å². The molecule has 1 aliphatic rings. The predicted octanol–water partition coefficient (Wildman–Crippen LogP) is 2.31. The van der Waals surface area contributed by atoms with Gasteiger partial charge in [-0.2, -0.15) is 0 Å². The fourth-order valence-electron chi connectivity index (χ4n) is 2.19. The Labute approximate surface area is 114 Å². The third-order valence-electron chi connectivity index (χ3n) is 3.12. The molecule has 0 aliphatic carbocycles. The number of β-amino-alcohol motifs (C(OH)–C–C–N with tert-alkyl or cyclic N) is 1. The monoisotopic (exact) mass is 314 g/mol. The van der Waals surface area contributed by atoms with Crippen molar-refractivity contribution in [3.8, 4) is 0 Å². The number of non-ortho nitro benzene ring substituents is 1. The van der Waals surface area contributed by atoms with Gasteiger partial charge in [-0.15, -0.1) is 0 Å². The minimum atomic E-state index is -0.404. The Bertz CT molecular complexity index is 453. The van der Waals surface area contributed by atoms with E-state index in [-0.39, 0.29) is 11.8 Å². The van der Waals surface area contributed by atoms with Crippen LogP contribution in [0.1, 0.15) is 18.4 Å². The maximum Gasteiger partial charge on any atom is 0.270 e. The summed E-state index contributed by atoms with van der Waals surface area (Å²) in [6.07, 6.45) is 1.60. The lowest BCUT2D eigenvalue weighted by Gasteiger charge is -2.30. The number of nitro benzene ring substituents is 1. The predicted molar refractivity (Wildman–Crippen MR) is 71.3 cm³/mol. The molecule has 6 heteroatoms. The average molecular weight is 315 g/mol. The second-order valence-corrected chi connectivity index (χ2v) is 5.42. The summed E-state index contributed by atoms with van der Waals surface area (Å²) in [7, 11) is 0. The lowest BCUT2D eigenvalue weighted by Crippen LogP contribution is -2.37. The number of hydrogen-bond donors (Lipinski definition) is 1. The van der Waals surface area contributed by atoms with Gasteiger partial charge < -0.3 is 5.11 Å². The number of nitro groups is 1. The fourth-order valence-corrected chi connectivity index (χ4v) is 2.69. The van der Waals surface area contributed by atoms with Gasteiger partial charge in [-0.1, -0.05) is 15.9 Å². The van der Waals surface area contributed by atoms with Crippen molar-refractivity contribution in [1.29, 1.82) is 0 Å². The third kappa shape index (κ3) is 3.28. The second kappa shape index (κ2) is 5.77. The van der Waals surface area contributed by atoms with E-state index in [0.717, 1.165) is 29.4 Å². The van der Waals surface area contributed by atoms with Crippen molar-refractivity contribution in [3.63, 3.8) is 0 Å². The summed E-state index contributed by atoms with van der Waals surface area (Å²) in [5, 5.41) is 20.2. The number of halogens is 1. The number of aliphatic hydroxyl groups excluding tert-OH is 1. The number of nitrogens with zero attached hydrogens (tertiary/aromatic N) is 2. The Kier molecular flexibility index (Phi) is 4.31. The van der Waals surface area contributed by atoms with Crippen molar-refractivity contribution in [2.75, 3.05) is 13.1 Å². The van der Waals surface area contributed by atoms with Gasteiger partial charge in [-0.25, -0.2) is 0 Å². The van der Waals surface area contributed by atoms with Crippen LogP contribution in [0.15, 0.2) is 22.7 Å². The maximum absolute atomic E-state index is 10.6. The molecule has 0 unspecified atom stereocenters. The molecule has 5 nitrogen and oxygen atoms in total. The van der Waals surface area contributed by atoms with E-state index in [2.05, 4.69) is 20.8 Å². The smallest absolute Gasteiger partial charge is 0.270 e. The molecule has 0 bridgehead atoms. The first kappa shape index (κ1) is 13.5. The molecule has 1 aliphatic heterocycles. The molecule has 0 spiro atoms. The average Bonchev–Trinajstić information content (AvgIpc) is 2.31. The number of aliphatic hydroxyl groups is 1. The summed E-state index contributed by atoms with van der Waals surface area (Å²) in [5.41, 5.74) is 1.10. The van der Waals surface area contributed by atoms with Crippen LogP contribution in [-0.4, -0.2) is 34.1 Å².